The van der Waals surface area contributed by atoms with Crippen LogP contribution in [0.25, 0.3) is 0 Å². The van der Waals surface area contributed by atoms with Gasteiger partial charge in [0.15, 0.2) is 0 Å². The third kappa shape index (κ3) is 6.65. The van der Waals surface area contributed by atoms with Gasteiger partial charge in [0.25, 0.3) is 0 Å². The van der Waals surface area contributed by atoms with Gasteiger partial charge in [-0.1, -0.05) is 31.9 Å². The maximum Gasteiger partial charge on any atom is 0.234 e. The first-order valence-electron chi connectivity index (χ1n) is 8.26. The van der Waals surface area contributed by atoms with Crippen LogP contribution < -0.4 is 10.6 Å². The second kappa shape index (κ2) is 8.96. The third-order valence-electron chi connectivity index (χ3n) is 4.07. The predicted octanol–water partition coefficient (Wildman–Crippen LogP) is 3.36. The normalized spacial score (nSPS) is 20.8. The molecule has 0 aromatic heterocycles. The van der Waals surface area contributed by atoms with Crippen molar-refractivity contribution < 1.29 is 9.59 Å². The number of hydrogen-bond acceptors (Lipinski definition) is 3. The van der Waals surface area contributed by atoms with Crippen LogP contribution in [-0.2, 0) is 9.59 Å². The minimum atomic E-state index is -0.0697. The van der Waals surface area contributed by atoms with Gasteiger partial charge in [-0.3, -0.25) is 9.59 Å². The van der Waals surface area contributed by atoms with E-state index in [0.29, 0.717) is 23.5 Å². The van der Waals surface area contributed by atoms with E-state index < -0.39 is 0 Å². The predicted molar refractivity (Wildman–Crippen MR) is 96.7 cm³/mol. The van der Waals surface area contributed by atoms with Crippen LogP contribution >= 0.6 is 11.8 Å². The number of carbonyl (C=O) groups excluding carboxylic acids is 2. The lowest BCUT2D eigenvalue weighted by atomic mass is 9.87. The Labute approximate surface area is 142 Å². The van der Waals surface area contributed by atoms with Crippen LogP contribution in [-0.4, -0.2) is 29.4 Å². The molecule has 1 aliphatic rings. The van der Waals surface area contributed by atoms with Crippen LogP contribution in [0.3, 0.4) is 0 Å². The van der Waals surface area contributed by atoms with Crippen molar-refractivity contribution in [2.24, 2.45) is 5.92 Å². The maximum absolute atomic E-state index is 11.9. The van der Waals surface area contributed by atoms with Gasteiger partial charge in [-0.25, -0.2) is 0 Å². The highest BCUT2D eigenvalue weighted by Gasteiger charge is 2.20. The molecule has 2 amide bonds. The Morgan fingerprint density at radius 2 is 2.00 bits per heavy atom. The summed E-state index contributed by atoms with van der Waals surface area (Å²) in [6.07, 6.45) is 4.61. The van der Waals surface area contributed by atoms with Crippen molar-refractivity contribution >= 4 is 29.3 Å². The van der Waals surface area contributed by atoms with Crippen molar-refractivity contribution in [1.82, 2.24) is 5.32 Å². The smallest absolute Gasteiger partial charge is 0.234 e. The van der Waals surface area contributed by atoms with Crippen LogP contribution in [0.2, 0.25) is 0 Å². The summed E-state index contributed by atoms with van der Waals surface area (Å²) in [6.45, 7) is 4.23. The highest BCUT2D eigenvalue weighted by atomic mass is 32.2. The van der Waals surface area contributed by atoms with Crippen molar-refractivity contribution in [3.05, 3.63) is 29.8 Å². The lowest BCUT2D eigenvalue weighted by Crippen LogP contribution is -2.39. The number of anilines is 1. The number of rotatable bonds is 6. The second-order valence-electron chi connectivity index (χ2n) is 6.45. The lowest BCUT2D eigenvalue weighted by molar-refractivity contribution is -0.119. The van der Waals surface area contributed by atoms with E-state index in [1.54, 1.807) is 0 Å². The number of carbonyl (C=O) groups is 2. The lowest BCUT2D eigenvalue weighted by Gasteiger charge is -2.27. The second-order valence-corrected chi connectivity index (χ2v) is 7.43. The largest absolute Gasteiger partial charge is 0.353 e. The first-order chi connectivity index (χ1) is 11.0. The maximum atomic E-state index is 11.9. The zero-order valence-corrected chi connectivity index (χ0v) is 14.7. The van der Waals surface area contributed by atoms with Gasteiger partial charge in [-0.15, -0.1) is 11.8 Å². The SMILES string of the molecule is Cc1cccc(NC(=O)CSCC(=O)NC2CCCC(C)C2)c1. The Kier molecular flexibility index (Phi) is 6.96. The van der Waals surface area contributed by atoms with Gasteiger partial charge < -0.3 is 10.6 Å². The first-order valence-corrected chi connectivity index (χ1v) is 9.42. The Morgan fingerprint density at radius 1 is 1.22 bits per heavy atom. The van der Waals surface area contributed by atoms with Crippen LogP contribution in [0, 0.1) is 12.8 Å². The molecular weight excluding hydrogens is 308 g/mol. The van der Waals surface area contributed by atoms with Gasteiger partial charge >= 0.3 is 0 Å². The number of thioether (sulfide) groups is 1. The van der Waals surface area contributed by atoms with Gasteiger partial charge in [0.1, 0.15) is 0 Å². The van der Waals surface area contributed by atoms with Crippen LogP contribution in [0.1, 0.15) is 38.2 Å². The Balaban J connectivity index is 1.64. The molecule has 0 radical (unpaired) electrons. The fourth-order valence-corrected chi connectivity index (χ4v) is 3.62. The van der Waals surface area contributed by atoms with Crippen molar-refractivity contribution in [3.8, 4) is 0 Å². The number of aryl methyl sites for hydroxylation is 1. The molecule has 1 saturated carbocycles. The molecule has 0 heterocycles. The highest BCUT2D eigenvalue weighted by molar-refractivity contribution is 8.00. The summed E-state index contributed by atoms with van der Waals surface area (Å²) in [5.41, 5.74) is 1.91. The topological polar surface area (TPSA) is 58.2 Å². The zero-order valence-electron chi connectivity index (χ0n) is 13.9. The molecule has 2 unspecified atom stereocenters. The molecule has 23 heavy (non-hydrogen) atoms. The zero-order chi connectivity index (χ0) is 16.7. The average Bonchev–Trinajstić information content (AvgIpc) is 2.47. The van der Waals surface area contributed by atoms with E-state index in [1.807, 2.05) is 31.2 Å². The van der Waals surface area contributed by atoms with E-state index >= 15 is 0 Å². The molecule has 0 spiro atoms. The van der Waals surface area contributed by atoms with E-state index in [2.05, 4.69) is 17.6 Å². The van der Waals surface area contributed by atoms with E-state index in [4.69, 9.17) is 0 Å². The summed E-state index contributed by atoms with van der Waals surface area (Å²) >= 11 is 1.36. The summed E-state index contributed by atoms with van der Waals surface area (Å²) in [6, 6.07) is 8.01. The number of nitrogens with one attached hydrogen (secondary N) is 2. The molecule has 2 atom stereocenters. The van der Waals surface area contributed by atoms with Gasteiger partial charge in [-0.2, -0.15) is 0 Å². The van der Waals surface area contributed by atoms with Crippen molar-refractivity contribution in [3.63, 3.8) is 0 Å². The van der Waals surface area contributed by atoms with E-state index in [-0.39, 0.29) is 11.8 Å². The molecule has 0 bridgehead atoms. The summed E-state index contributed by atoms with van der Waals surface area (Å²) in [7, 11) is 0. The summed E-state index contributed by atoms with van der Waals surface area (Å²) < 4.78 is 0. The molecule has 1 aliphatic carbocycles. The van der Waals surface area contributed by atoms with Gasteiger partial charge in [0.05, 0.1) is 11.5 Å². The van der Waals surface area contributed by atoms with Crippen molar-refractivity contribution in [1.29, 1.82) is 0 Å². The first kappa shape index (κ1) is 17.9. The molecule has 2 N–H and O–H groups in total. The third-order valence-corrected chi connectivity index (χ3v) is 5.00. The standard InChI is InChI=1S/C18H26N2O2S/c1-13-5-3-7-15(9-13)19-17(21)11-23-12-18(22)20-16-8-4-6-14(2)10-16/h3,5,7,9,14,16H,4,6,8,10-12H2,1-2H3,(H,19,21)(H,20,22). The van der Waals surface area contributed by atoms with Crippen LogP contribution in [0.5, 0.6) is 0 Å². The van der Waals surface area contributed by atoms with Crippen LogP contribution in [0.4, 0.5) is 5.69 Å². The van der Waals surface area contributed by atoms with E-state index in [9.17, 15) is 9.59 Å². The molecule has 2 rings (SSSR count). The van der Waals surface area contributed by atoms with Crippen molar-refractivity contribution in [2.45, 2.75) is 45.6 Å². The molecule has 4 nitrogen and oxygen atoms in total. The number of amides is 2. The van der Waals surface area contributed by atoms with Gasteiger partial charge in [0.2, 0.25) is 11.8 Å². The molecular formula is C18H26N2O2S. The summed E-state index contributed by atoms with van der Waals surface area (Å²) in [5, 5.41) is 5.94. The molecule has 1 aromatic carbocycles. The molecule has 0 saturated heterocycles. The minimum Gasteiger partial charge on any atom is -0.353 e. The fraction of sp³-hybridized carbons (Fsp3) is 0.556. The van der Waals surface area contributed by atoms with E-state index in [1.165, 1.54) is 24.6 Å². The van der Waals surface area contributed by atoms with Crippen LogP contribution in [0.15, 0.2) is 24.3 Å². The monoisotopic (exact) mass is 334 g/mol. The molecule has 126 valence electrons. The number of benzene rings is 1. The highest BCUT2D eigenvalue weighted by Crippen LogP contribution is 2.23. The molecule has 1 fully saturated rings. The van der Waals surface area contributed by atoms with Crippen molar-refractivity contribution in [2.75, 3.05) is 16.8 Å². The fourth-order valence-electron chi connectivity index (χ4n) is 2.99. The molecule has 1 aromatic rings. The Hall–Kier alpha value is -1.49. The van der Waals surface area contributed by atoms with Gasteiger partial charge in [-0.05, 0) is 43.4 Å². The number of hydrogen-bond donors (Lipinski definition) is 2. The molecule has 5 heteroatoms. The minimum absolute atomic E-state index is 0.0393. The molecule has 0 aliphatic heterocycles. The summed E-state index contributed by atoms with van der Waals surface area (Å²) in [4.78, 5) is 23.8. The average molecular weight is 334 g/mol. The quantitative estimate of drug-likeness (QED) is 0.838. The Bertz CT molecular complexity index is 548. The summed E-state index contributed by atoms with van der Waals surface area (Å²) in [5.74, 6) is 1.30. The Morgan fingerprint density at radius 3 is 2.74 bits per heavy atom. The van der Waals surface area contributed by atoms with Gasteiger partial charge in [0, 0.05) is 11.7 Å². The van der Waals surface area contributed by atoms with E-state index in [0.717, 1.165) is 24.1 Å².